The molecule has 2 N–H and O–H groups in total. The molecule has 0 bridgehead atoms. The molecule has 98 valence electrons. The van der Waals surface area contributed by atoms with Crippen LogP contribution in [-0.2, 0) is 6.18 Å². The molecular formula is C9H14F3N3OS. The van der Waals surface area contributed by atoms with Gasteiger partial charge in [-0.3, -0.25) is 0 Å². The summed E-state index contributed by atoms with van der Waals surface area (Å²) in [5.41, 5.74) is 0. The van der Waals surface area contributed by atoms with E-state index >= 15 is 0 Å². The van der Waals surface area contributed by atoms with Crippen LogP contribution in [0.5, 0.6) is 0 Å². The molecule has 0 amide bonds. The van der Waals surface area contributed by atoms with Gasteiger partial charge in [0.2, 0.25) is 11.0 Å². The molecule has 1 rings (SSSR count). The molecule has 4 nitrogen and oxygen atoms in total. The van der Waals surface area contributed by atoms with Gasteiger partial charge >= 0.3 is 6.18 Å². The van der Waals surface area contributed by atoms with Crippen LogP contribution >= 0.6 is 11.5 Å². The summed E-state index contributed by atoms with van der Waals surface area (Å²) in [6.07, 6.45) is -1.03. The summed E-state index contributed by atoms with van der Waals surface area (Å²) < 4.78 is 39.7. The lowest BCUT2D eigenvalue weighted by molar-refractivity contribution is -0.144. The number of hydrogen-bond acceptors (Lipinski definition) is 5. The maximum Gasteiger partial charge on any atom is 0.452 e. The second-order valence-electron chi connectivity index (χ2n) is 3.49. The Kier molecular flexibility index (Phi) is 5.63. The van der Waals surface area contributed by atoms with Crippen molar-refractivity contribution in [2.45, 2.75) is 31.9 Å². The molecular weight excluding hydrogens is 255 g/mol. The van der Waals surface area contributed by atoms with E-state index in [0.29, 0.717) is 18.1 Å². The largest absolute Gasteiger partial charge is 0.452 e. The molecule has 0 aliphatic rings. The number of aliphatic hydroxyl groups excluding tert-OH is 1. The third kappa shape index (κ3) is 5.31. The first-order chi connectivity index (χ1) is 8.04. The second kappa shape index (κ2) is 6.75. The second-order valence-corrected chi connectivity index (χ2v) is 4.24. The van der Waals surface area contributed by atoms with Gasteiger partial charge in [0.15, 0.2) is 0 Å². The molecule has 0 aliphatic heterocycles. The van der Waals surface area contributed by atoms with Crippen molar-refractivity contribution in [3.63, 3.8) is 0 Å². The number of aromatic nitrogens is 2. The fraction of sp³-hybridized carbons (Fsp3) is 0.778. The quantitative estimate of drug-likeness (QED) is 0.747. The highest BCUT2D eigenvalue weighted by atomic mass is 32.1. The third-order valence-electron chi connectivity index (χ3n) is 2.04. The van der Waals surface area contributed by atoms with E-state index in [0.717, 1.165) is 25.7 Å². The van der Waals surface area contributed by atoms with E-state index in [1.54, 1.807) is 0 Å². The Morgan fingerprint density at radius 3 is 2.47 bits per heavy atom. The van der Waals surface area contributed by atoms with Crippen LogP contribution in [0.25, 0.3) is 0 Å². The van der Waals surface area contributed by atoms with Crippen LogP contribution in [-0.4, -0.2) is 27.6 Å². The average Bonchev–Trinajstić information content (AvgIpc) is 2.71. The van der Waals surface area contributed by atoms with Gasteiger partial charge in [0.25, 0.3) is 0 Å². The molecule has 0 aliphatic carbocycles. The highest BCUT2D eigenvalue weighted by molar-refractivity contribution is 7.09. The number of nitrogens with zero attached hydrogens (tertiary/aromatic N) is 2. The van der Waals surface area contributed by atoms with E-state index in [9.17, 15) is 13.2 Å². The molecule has 8 heteroatoms. The van der Waals surface area contributed by atoms with E-state index < -0.39 is 12.0 Å². The fourth-order valence-electron chi connectivity index (χ4n) is 1.20. The van der Waals surface area contributed by atoms with E-state index in [2.05, 4.69) is 14.7 Å². The van der Waals surface area contributed by atoms with Gasteiger partial charge in [-0.1, -0.05) is 12.8 Å². The van der Waals surface area contributed by atoms with Crippen molar-refractivity contribution in [1.29, 1.82) is 0 Å². The van der Waals surface area contributed by atoms with Crippen LogP contribution in [0.2, 0.25) is 0 Å². The number of rotatable bonds is 7. The van der Waals surface area contributed by atoms with Crippen molar-refractivity contribution in [2.75, 3.05) is 18.5 Å². The van der Waals surface area contributed by atoms with Crippen LogP contribution in [0, 0.1) is 0 Å². The number of nitrogens with one attached hydrogen (secondary N) is 1. The zero-order chi connectivity index (χ0) is 12.7. The van der Waals surface area contributed by atoms with E-state index in [1.807, 2.05) is 0 Å². The lowest BCUT2D eigenvalue weighted by atomic mass is 10.2. The Balaban J connectivity index is 2.21. The van der Waals surface area contributed by atoms with Crippen molar-refractivity contribution in [3.8, 4) is 0 Å². The van der Waals surface area contributed by atoms with Gasteiger partial charge in [0.05, 0.1) is 0 Å². The lowest BCUT2D eigenvalue weighted by Crippen LogP contribution is -2.08. The first-order valence-electron chi connectivity index (χ1n) is 5.29. The van der Waals surface area contributed by atoms with Gasteiger partial charge in [0, 0.05) is 24.7 Å². The SMILES string of the molecule is OCCCCCCNc1nc(C(F)(F)F)ns1. The van der Waals surface area contributed by atoms with Crippen molar-refractivity contribution in [1.82, 2.24) is 9.36 Å². The summed E-state index contributed by atoms with van der Waals surface area (Å²) >= 11 is 0.712. The maximum absolute atomic E-state index is 12.2. The number of unbranched alkanes of at least 4 members (excludes halogenated alkanes) is 3. The van der Waals surface area contributed by atoms with Gasteiger partial charge in [0.1, 0.15) is 0 Å². The maximum atomic E-state index is 12.2. The van der Waals surface area contributed by atoms with E-state index in [1.165, 1.54) is 0 Å². The number of aliphatic hydroxyl groups is 1. The highest BCUT2D eigenvalue weighted by Crippen LogP contribution is 2.28. The Morgan fingerprint density at radius 2 is 1.88 bits per heavy atom. The summed E-state index contributed by atoms with van der Waals surface area (Å²) in [6.45, 7) is 0.747. The summed E-state index contributed by atoms with van der Waals surface area (Å²) in [5, 5.41) is 11.5. The summed E-state index contributed by atoms with van der Waals surface area (Å²) in [7, 11) is 0. The minimum Gasteiger partial charge on any atom is -0.396 e. The van der Waals surface area contributed by atoms with Crippen LogP contribution in [0.3, 0.4) is 0 Å². The van der Waals surface area contributed by atoms with Gasteiger partial charge < -0.3 is 10.4 Å². The molecule has 0 aromatic carbocycles. The Hall–Kier alpha value is -0.890. The first-order valence-corrected chi connectivity index (χ1v) is 6.07. The molecule has 17 heavy (non-hydrogen) atoms. The number of anilines is 1. The lowest BCUT2D eigenvalue weighted by Gasteiger charge is -2.01. The zero-order valence-electron chi connectivity index (χ0n) is 9.13. The monoisotopic (exact) mass is 269 g/mol. The van der Waals surface area contributed by atoms with Gasteiger partial charge in [-0.05, 0) is 12.8 Å². The summed E-state index contributed by atoms with van der Waals surface area (Å²) in [5.74, 6) is -1.09. The molecule has 0 fully saturated rings. The van der Waals surface area contributed by atoms with Crippen molar-refractivity contribution in [2.24, 2.45) is 0 Å². The smallest absolute Gasteiger partial charge is 0.396 e. The molecule has 0 spiro atoms. The minimum atomic E-state index is -4.47. The molecule has 0 saturated carbocycles. The van der Waals surface area contributed by atoms with Crippen LogP contribution in [0.15, 0.2) is 0 Å². The molecule has 1 aromatic rings. The summed E-state index contributed by atoms with van der Waals surface area (Å²) in [4.78, 5) is 3.35. The van der Waals surface area contributed by atoms with Crippen molar-refractivity contribution < 1.29 is 18.3 Å². The predicted molar refractivity (Wildman–Crippen MR) is 59.0 cm³/mol. The standard InChI is InChI=1S/C9H14F3N3OS/c10-9(11,12)7-14-8(17-15-7)13-5-3-1-2-4-6-16/h16H,1-6H2,(H,13,14,15). The first kappa shape index (κ1) is 14.2. The summed E-state index contributed by atoms with van der Waals surface area (Å²) in [6, 6.07) is 0. The Labute approximate surface area is 101 Å². The van der Waals surface area contributed by atoms with Gasteiger partial charge in [-0.25, -0.2) is 0 Å². The molecule has 0 radical (unpaired) electrons. The molecule has 1 aromatic heterocycles. The Bertz CT molecular complexity index is 330. The van der Waals surface area contributed by atoms with Crippen LogP contribution in [0.4, 0.5) is 18.3 Å². The fourth-order valence-corrected chi connectivity index (χ4v) is 1.81. The third-order valence-corrected chi connectivity index (χ3v) is 2.71. The number of halogens is 3. The predicted octanol–water partition coefficient (Wildman–Crippen LogP) is 2.52. The van der Waals surface area contributed by atoms with Gasteiger partial charge in [-0.2, -0.15) is 22.5 Å². The highest BCUT2D eigenvalue weighted by Gasteiger charge is 2.35. The normalized spacial score (nSPS) is 11.8. The molecule has 1 heterocycles. The van der Waals surface area contributed by atoms with Crippen molar-refractivity contribution >= 4 is 16.7 Å². The molecule has 0 atom stereocenters. The van der Waals surface area contributed by atoms with E-state index in [-0.39, 0.29) is 11.7 Å². The topological polar surface area (TPSA) is 58.0 Å². The van der Waals surface area contributed by atoms with Crippen LogP contribution < -0.4 is 5.32 Å². The van der Waals surface area contributed by atoms with Crippen molar-refractivity contribution in [3.05, 3.63) is 5.82 Å². The average molecular weight is 269 g/mol. The zero-order valence-corrected chi connectivity index (χ0v) is 9.94. The Morgan fingerprint density at radius 1 is 1.18 bits per heavy atom. The number of alkyl halides is 3. The molecule has 0 unspecified atom stereocenters. The van der Waals surface area contributed by atoms with Crippen LogP contribution in [0.1, 0.15) is 31.5 Å². The van der Waals surface area contributed by atoms with E-state index in [4.69, 9.17) is 5.11 Å². The molecule has 0 saturated heterocycles. The van der Waals surface area contributed by atoms with Gasteiger partial charge in [-0.15, -0.1) is 0 Å². The number of hydrogen-bond donors (Lipinski definition) is 2. The minimum absolute atomic E-state index is 0.179.